The largest absolute Gasteiger partial charge is 0.355 e. The van der Waals surface area contributed by atoms with Crippen LogP contribution in [0.5, 0.6) is 0 Å². The Morgan fingerprint density at radius 3 is 2.64 bits per heavy atom. The summed E-state index contributed by atoms with van der Waals surface area (Å²) in [4.78, 5) is 23.8. The third kappa shape index (κ3) is 3.29. The lowest BCUT2D eigenvalue weighted by molar-refractivity contribution is -0.122. The Balaban J connectivity index is 1.32. The highest BCUT2D eigenvalue weighted by Crippen LogP contribution is 2.38. The monoisotopic (exact) mass is 334 g/mol. The van der Waals surface area contributed by atoms with Crippen molar-refractivity contribution in [3.05, 3.63) is 53.6 Å². The van der Waals surface area contributed by atoms with Gasteiger partial charge in [-0.2, -0.15) is 0 Å². The third-order valence-corrected chi connectivity index (χ3v) is 5.17. The van der Waals surface area contributed by atoms with Gasteiger partial charge in [-0.05, 0) is 53.1 Å². The van der Waals surface area contributed by atoms with E-state index in [0.717, 1.165) is 18.5 Å². The Morgan fingerprint density at radius 2 is 1.84 bits per heavy atom. The first-order valence-electron chi connectivity index (χ1n) is 8.90. The van der Waals surface area contributed by atoms with E-state index in [0.29, 0.717) is 18.9 Å². The zero-order valence-corrected chi connectivity index (χ0v) is 14.3. The third-order valence-electron chi connectivity index (χ3n) is 5.17. The van der Waals surface area contributed by atoms with Crippen LogP contribution in [0.1, 0.15) is 30.9 Å². The molecule has 2 N–H and O–H groups in total. The highest BCUT2D eigenvalue weighted by atomic mass is 16.2. The predicted molar refractivity (Wildman–Crippen MR) is 98.2 cm³/mol. The molecule has 0 aliphatic heterocycles. The minimum absolute atomic E-state index is 0.0698. The van der Waals surface area contributed by atoms with Gasteiger partial charge < -0.3 is 10.6 Å². The van der Waals surface area contributed by atoms with Crippen LogP contribution < -0.4 is 10.6 Å². The number of rotatable bonds is 5. The highest BCUT2D eigenvalue weighted by Gasteiger charge is 2.38. The molecule has 2 unspecified atom stereocenters. The van der Waals surface area contributed by atoms with Crippen molar-refractivity contribution in [2.24, 2.45) is 11.8 Å². The van der Waals surface area contributed by atoms with Gasteiger partial charge in [0.25, 0.3) is 0 Å². The molecular weight excluding hydrogens is 312 g/mol. The maximum absolute atomic E-state index is 12.1. The van der Waals surface area contributed by atoms with Crippen LogP contribution in [0.3, 0.4) is 0 Å². The molecule has 25 heavy (non-hydrogen) atoms. The lowest BCUT2D eigenvalue weighted by atomic mass is 10.1. The molecule has 2 aromatic rings. The van der Waals surface area contributed by atoms with Gasteiger partial charge >= 0.3 is 0 Å². The lowest BCUT2D eigenvalue weighted by Crippen LogP contribution is -2.29. The average Bonchev–Trinajstić information content (AvgIpc) is 3.21. The number of amides is 2. The van der Waals surface area contributed by atoms with Crippen LogP contribution in [0, 0.1) is 11.8 Å². The van der Waals surface area contributed by atoms with Crippen molar-refractivity contribution in [2.45, 2.75) is 26.2 Å². The van der Waals surface area contributed by atoms with Crippen molar-refractivity contribution in [3.8, 4) is 11.1 Å². The maximum atomic E-state index is 12.1. The molecular formula is C21H22N2O2. The minimum atomic E-state index is -0.0698. The summed E-state index contributed by atoms with van der Waals surface area (Å²) in [5.74, 6) is 0.654. The fourth-order valence-corrected chi connectivity index (χ4v) is 3.56. The molecule has 0 aromatic heterocycles. The standard InChI is InChI=1S/C21H22N2O2/c1-13-10-19(13)21(25)22-9-8-20(24)23-16-6-7-18-15(12-16)11-14-4-2-3-5-17(14)18/h2-7,12-13,19H,8-11H2,1H3,(H,22,25)(H,23,24). The molecule has 0 saturated heterocycles. The Bertz CT molecular complexity index is 844. The normalized spacial score (nSPS) is 19.7. The number of carbonyl (C=O) groups excluding carboxylic acids is 2. The van der Waals surface area contributed by atoms with Gasteiger partial charge in [-0.3, -0.25) is 9.59 Å². The highest BCUT2D eigenvalue weighted by molar-refractivity contribution is 5.92. The summed E-state index contributed by atoms with van der Waals surface area (Å²) < 4.78 is 0. The number of hydrogen-bond donors (Lipinski definition) is 2. The van der Waals surface area contributed by atoms with Crippen molar-refractivity contribution in [2.75, 3.05) is 11.9 Å². The van der Waals surface area contributed by atoms with Gasteiger partial charge in [0.05, 0.1) is 0 Å². The molecule has 1 fully saturated rings. The maximum Gasteiger partial charge on any atom is 0.226 e. The van der Waals surface area contributed by atoms with Gasteiger partial charge in [-0.15, -0.1) is 0 Å². The van der Waals surface area contributed by atoms with Gasteiger partial charge in [-0.25, -0.2) is 0 Å². The second-order valence-electron chi connectivity index (χ2n) is 7.11. The van der Waals surface area contributed by atoms with Crippen LogP contribution in [0.15, 0.2) is 42.5 Å². The van der Waals surface area contributed by atoms with Crippen LogP contribution >= 0.6 is 0 Å². The van der Waals surface area contributed by atoms with Crippen molar-refractivity contribution >= 4 is 17.5 Å². The smallest absolute Gasteiger partial charge is 0.226 e. The van der Waals surface area contributed by atoms with E-state index in [1.807, 2.05) is 6.07 Å². The van der Waals surface area contributed by atoms with Crippen LogP contribution in [0.25, 0.3) is 11.1 Å². The van der Waals surface area contributed by atoms with E-state index < -0.39 is 0 Å². The summed E-state index contributed by atoms with van der Waals surface area (Å²) in [6.07, 6.45) is 2.17. The molecule has 2 aromatic carbocycles. The van der Waals surface area contributed by atoms with Crippen LogP contribution in [0.4, 0.5) is 5.69 Å². The fourth-order valence-electron chi connectivity index (χ4n) is 3.56. The number of anilines is 1. The first kappa shape index (κ1) is 15.9. The van der Waals surface area contributed by atoms with E-state index in [9.17, 15) is 9.59 Å². The zero-order valence-electron chi connectivity index (χ0n) is 14.3. The lowest BCUT2D eigenvalue weighted by Gasteiger charge is -2.08. The van der Waals surface area contributed by atoms with Crippen LogP contribution in [0.2, 0.25) is 0 Å². The van der Waals surface area contributed by atoms with E-state index >= 15 is 0 Å². The van der Waals surface area contributed by atoms with Crippen LogP contribution in [-0.4, -0.2) is 18.4 Å². The van der Waals surface area contributed by atoms with Gasteiger partial charge in [0.2, 0.25) is 11.8 Å². The first-order chi connectivity index (χ1) is 12.1. The van der Waals surface area contributed by atoms with Gasteiger partial charge in [0.15, 0.2) is 0 Å². The molecule has 2 amide bonds. The molecule has 2 atom stereocenters. The first-order valence-corrected chi connectivity index (χ1v) is 8.90. The van der Waals surface area contributed by atoms with E-state index in [2.05, 4.69) is 54.0 Å². The molecule has 128 valence electrons. The van der Waals surface area contributed by atoms with Crippen molar-refractivity contribution in [3.63, 3.8) is 0 Å². The van der Waals surface area contributed by atoms with Gasteiger partial charge in [-0.1, -0.05) is 37.3 Å². The zero-order chi connectivity index (χ0) is 17.4. The Kier molecular flexibility index (Phi) is 4.04. The molecule has 0 spiro atoms. The second-order valence-corrected chi connectivity index (χ2v) is 7.11. The minimum Gasteiger partial charge on any atom is -0.355 e. The van der Waals surface area contributed by atoms with Gasteiger partial charge in [0.1, 0.15) is 0 Å². The summed E-state index contributed by atoms with van der Waals surface area (Å²) in [5, 5.41) is 5.78. The number of fused-ring (bicyclic) bond motifs is 3. The van der Waals surface area contributed by atoms with Crippen molar-refractivity contribution in [1.82, 2.24) is 5.32 Å². The van der Waals surface area contributed by atoms with Gasteiger partial charge in [0, 0.05) is 24.6 Å². The molecule has 4 nitrogen and oxygen atoms in total. The molecule has 1 saturated carbocycles. The number of carbonyl (C=O) groups is 2. The number of hydrogen-bond acceptors (Lipinski definition) is 2. The summed E-state index contributed by atoms with van der Waals surface area (Å²) in [7, 11) is 0. The number of benzene rings is 2. The molecule has 0 radical (unpaired) electrons. The Labute approximate surface area is 147 Å². The Hall–Kier alpha value is -2.62. The van der Waals surface area contributed by atoms with E-state index in [1.165, 1.54) is 22.3 Å². The summed E-state index contributed by atoms with van der Waals surface area (Å²) in [6.45, 7) is 2.47. The summed E-state index contributed by atoms with van der Waals surface area (Å²) in [6, 6.07) is 14.5. The van der Waals surface area contributed by atoms with Crippen LogP contribution in [-0.2, 0) is 16.0 Å². The Morgan fingerprint density at radius 1 is 1.08 bits per heavy atom. The molecule has 2 aliphatic rings. The molecule has 2 aliphatic carbocycles. The second kappa shape index (κ2) is 6.36. The fraction of sp³-hybridized carbons (Fsp3) is 0.333. The SMILES string of the molecule is CC1CC1C(=O)NCCC(=O)Nc1ccc2c(c1)Cc1ccccc1-2. The quantitative estimate of drug-likeness (QED) is 0.752. The van der Waals surface area contributed by atoms with E-state index in [-0.39, 0.29) is 17.7 Å². The molecule has 0 heterocycles. The summed E-state index contributed by atoms with van der Waals surface area (Å²) >= 11 is 0. The molecule has 4 rings (SSSR count). The van der Waals surface area contributed by atoms with E-state index in [1.54, 1.807) is 0 Å². The summed E-state index contributed by atoms with van der Waals surface area (Å²) in [5.41, 5.74) is 5.93. The molecule has 4 heteroatoms. The topological polar surface area (TPSA) is 58.2 Å². The predicted octanol–water partition coefficient (Wildman–Crippen LogP) is 3.36. The molecule has 0 bridgehead atoms. The van der Waals surface area contributed by atoms with E-state index in [4.69, 9.17) is 0 Å². The van der Waals surface area contributed by atoms with Crippen molar-refractivity contribution in [1.29, 1.82) is 0 Å². The van der Waals surface area contributed by atoms with Crippen molar-refractivity contribution < 1.29 is 9.59 Å². The average molecular weight is 334 g/mol. The number of nitrogens with one attached hydrogen (secondary N) is 2.